The summed E-state index contributed by atoms with van der Waals surface area (Å²) in [6.45, 7) is 4.00. The number of rotatable bonds is 5. The first kappa shape index (κ1) is 17.6. The summed E-state index contributed by atoms with van der Waals surface area (Å²) in [5, 5.41) is 12.8. The van der Waals surface area contributed by atoms with Gasteiger partial charge in [-0.1, -0.05) is 40.8 Å². The van der Waals surface area contributed by atoms with Crippen molar-refractivity contribution in [3.05, 3.63) is 34.1 Å². The van der Waals surface area contributed by atoms with Crippen LogP contribution in [0, 0.1) is 13.8 Å². The lowest BCUT2D eigenvalue weighted by molar-refractivity contribution is 0.980. The molecule has 0 aliphatic rings. The molecule has 0 unspecified atom stereocenters. The number of benzene rings is 1. The van der Waals surface area contributed by atoms with Crippen LogP contribution in [0.5, 0.6) is 0 Å². The van der Waals surface area contributed by atoms with Crippen molar-refractivity contribution in [1.29, 1.82) is 0 Å². The van der Waals surface area contributed by atoms with E-state index in [2.05, 4.69) is 36.5 Å². The standard InChI is InChI=1S/C14H15ClN8S2/c1-6-3-7(2)10(8(15)4-6)20-13-22-23-14(25-13)24-5-9-18-11(16)21-12(17)19-9/h3-4H,5H2,1-2H3,(H,20,22)(H4,16,17,18,19,21). The van der Waals surface area contributed by atoms with E-state index in [1.54, 1.807) is 0 Å². The average Bonchev–Trinajstić information content (AvgIpc) is 2.95. The SMILES string of the molecule is Cc1cc(C)c(Nc2nnc(SCc3nc(N)nc(N)n3)s2)c(Cl)c1. The third-order valence-electron chi connectivity index (χ3n) is 3.11. The normalized spacial score (nSPS) is 10.8. The molecule has 0 aliphatic carbocycles. The summed E-state index contributed by atoms with van der Waals surface area (Å²) in [6.07, 6.45) is 0. The van der Waals surface area contributed by atoms with E-state index >= 15 is 0 Å². The number of hydrogen-bond donors (Lipinski definition) is 3. The molecule has 0 amide bonds. The summed E-state index contributed by atoms with van der Waals surface area (Å²) in [6, 6.07) is 3.96. The highest BCUT2D eigenvalue weighted by Gasteiger charge is 2.11. The van der Waals surface area contributed by atoms with Crippen molar-refractivity contribution in [1.82, 2.24) is 25.1 Å². The topological polar surface area (TPSA) is 129 Å². The van der Waals surface area contributed by atoms with Crippen LogP contribution < -0.4 is 16.8 Å². The Hall–Kier alpha value is -2.17. The second kappa shape index (κ2) is 7.38. The third kappa shape index (κ3) is 4.47. The minimum atomic E-state index is 0.104. The minimum absolute atomic E-state index is 0.104. The van der Waals surface area contributed by atoms with Crippen LogP contribution >= 0.6 is 34.7 Å². The van der Waals surface area contributed by atoms with Crippen molar-refractivity contribution in [3.8, 4) is 0 Å². The lowest BCUT2D eigenvalue weighted by Crippen LogP contribution is -2.05. The van der Waals surface area contributed by atoms with Crippen LogP contribution in [0.3, 0.4) is 0 Å². The number of thioether (sulfide) groups is 1. The Morgan fingerprint density at radius 2 is 1.84 bits per heavy atom. The van der Waals surface area contributed by atoms with Crippen LogP contribution in [0.2, 0.25) is 5.02 Å². The fourth-order valence-corrected chi connectivity index (χ4v) is 4.13. The zero-order chi connectivity index (χ0) is 18.0. The van der Waals surface area contributed by atoms with Gasteiger partial charge in [-0.05, 0) is 31.0 Å². The number of aromatic nitrogens is 5. The smallest absolute Gasteiger partial charge is 0.225 e. The average molecular weight is 395 g/mol. The Kier molecular flexibility index (Phi) is 5.21. The van der Waals surface area contributed by atoms with E-state index in [0.29, 0.717) is 21.7 Å². The summed E-state index contributed by atoms with van der Waals surface area (Å²) in [7, 11) is 0. The molecule has 25 heavy (non-hydrogen) atoms. The summed E-state index contributed by atoms with van der Waals surface area (Å²) >= 11 is 9.16. The molecule has 11 heteroatoms. The molecule has 8 nitrogen and oxygen atoms in total. The van der Waals surface area contributed by atoms with Crippen molar-refractivity contribution >= 4 is 57.4 Å². The van der Waals surface area contributed by atoms with Crippen LogP contribution in [0.25, 0.3) is 0 Å². The quantitative estimate of drug-likeness (QED) is 0.558. The van der Waals surface area contributed by atoms with Gasteiger partial charge in [0.15, 0.2) is 4.34 Å². The first-order chi connectivity index (χ1) is 11.9. The molecule has 2 heterocycles. The van der Waals surface area contributed by atoms with E-state index in [-0.39, 0.29) is 11.9 Å². The van der Waals surface area contributed by atoms with Crippen molar-refractivity contribution in [2.75, 3.05) is 16.8 Å². The van der Waals surface area contributed by atoms with Crippen molar-refractivity contribution < 1.29 is 0 Å². The van der Waals surface area contributed by atoms with Gasteiger partial charge in [0.25, 0.3) is 0 Å². The van der Waals surface area contributed by atoms with E-state index in [9.17, 15) is 0 Å². The van der Waals surface area contributed by atoms with E-state index in [4.69, 9.17) is 23.1 Å². The summed E-state index contributed by atoms with van der Waals surface area (Å²) in [5.74, 6) is 1.17. The molecule has 130 valence electrons. The summed E-state index contributed by atoms with van der Waals surface area (Å²) in [4.78, 5) is 11.8. The van der Waals surface area contributed by atoms with Gasteiger partial charge in [-0.15, -0.1) is 10.2 Å². The van der Waals surface area contributed by atoms with Gasteiger partial charge >= 0.3 is 0 Å². The van der Waals surface area contributed by atoms with Crippen LogP contribution in [0.4, 0.5) is 22.7 Å². The monoisotopic (exact) mass is 394 g/mol. The Balaban J connectivity index is 1.68. The van der Waals surface area contributed by atoms with Crippen LogP contribution in [0.15, 0.2) is 16.5 Å². The molecular weight excluding hydrogens is 380 g/mol. The molecule has 0 fully saturated rings. The number of nitrogen functional groups attached to an aromatic ring is 2. The number of nitrogens with zero attached hydrogens (tertiary/aromatic N) is 5. The molecule has 0 atom stereocenters. The minimum Gasteiger partial charge on any atom is -0.368 e. The predicted octanol–water partition coefficient (Wildman–Crippen LogP) is 3.19. The van der Waals surface area contributed by atoms with Gasteiger partial charge in [0.05, 0.1) is 16.5 Å². The van der Waals surface area contributed by atoms with Crippen LogP contribution in [0.1, 0.15) is 17.0 Å². The van der Waals surface area contributed by atoms with Gasteiger partial charge in [-0.3, -0.25) is 0 Å². The number of nitrogens with one attached hydrogen (secondary N) is 1. The van der Waals surface area contributed by atoms with E-state index in [1.165, 1.54) is 23.1 Å². The van der Waals surface area contributed by atoms with Crippen LogP contribution in [-0.2, 0) is 5.75 Å². The molecule has 5 N–H and O–H groups in total. The fourth-order valence-electron chi connectivity index (χ4n) is 2.15. The second-order valence-corrected chi connectivity index (χ2v) is 7.80. The van der Waals surface area contributed by atoms with E-state index in [1.807, 2.05) is 19.9 Å². The Labute approximate surface area is 157 Å². The molecular formula is C14H15ClN8S2. The largest absolute Gasteiger partial charge is 0.368 e. The van der Waals surface area contributed by atoms with Crippen molar-refractivity contribution in [2.24, 2.45) is 0 Å². The Bertz CT molecular complexity index is 870. The highest BCUT2D eigenvalue weighted by atomic mass is 35.5. The Morgan fingerprint density at radius 3 is 2.52 bits per heavy atom. The number of anilines is 4. The zero-order valence-corrected chi connectivity index (χ0v) is 15.8. The van der Waals surface area contributed by atoms with Gasteiger partial charge in [0.1, 0.15) is 5.82 Å². The second-order valence-electron chi connectivity index (χ2n) is 5.19. The highest BCUT2D eigenvalue weighted by Crippen LogP contribution is 2.33. The summed E-state index contributed by atoms with van der Waals surface area (Å²) < 4.78 is 0.765. The summed E-state index contributed by atoms with van der Waals surface area (Å²) in [5.41, 5.74) is 14.1. The number of hydrogen-bond acceptors (Lipinski definition) is 10. The molecule has 0 radical (unpaired) electrons. The molecule has 0 bridgehead atoms. The molecule has 0 saturated heterocycles. The van der Waals surface area contributed by atoms with Gasteiger partial charge in [-0.2, -0.15) is 15.0 Å². The maximum Gasteiger partial charge on any atom is 0.225 e. The molecule has 3 rings (SSSR count). The van der Waals surface area contributed by atoms with Gasteiger partial charge in [0, 0.05) is 0 Å². The first-order valence-corrected chi connectivity index (χ1v) is 9.34. The Morgan fingerprint density at radius 1 is 1.12 bits per heavy atom. The zero-order valence-electron chi connectivity index (χ0n) is 13.4. The van der Waals surface area contributed by atoms with Crippen molar-refractivity contribution in [2.45, 2.75) is 23.9 Å². The maximum absolute atomic E-state index is 6.30. The molecule has 2 aromatic heterocycles. The van der Waals surface area contributed by atoms with Gasteiger partial charge < -0.3 is 16.8 Å². The number of halogens is 1. The van der Waals surface area contributed by atoms with Crippen LogP contribution in [-0.4, -0.2) is 25.1 Å². The highest BCUT2D eigenvalue weighted by molar-refractivity contribution is 8.00. The van der Waals surface area contributed by atoms with E-state index < -0.39 is 0 Å². The molecule has 0 aliphatic heterocycles. The van der Waals surface area contributed by atoms with Gasteiger partial charge in [0.2, 0.25) is 17.0 Å². The fraction of sp³-hybridized carbons (Fsp3) is 0.214. The number of aryl methyl sites for hydroxylation is 2. The number of nitrogens with two attached hydrogens (primary N) is 2. The lowest BCUT2D eigenvalue weighted by Gasteiger charge is -2.09. The molecule has 0 spiro atoms. The molecule has 0 saturated carbocycles. The van der Waals surface area contributed by atoms with Crippen molar-refractivity contribution in [3.63, 3.8) is 0 Å². The third-order valence-corrected chi connectivity index (χ3v) is 5.38. The lowest BCUT2D eigenvalue weighted by atomic mass is 10.1. The first-order valence-electron chi connectivity index (χ1n) is 7.16. The maximum atomic E-state index is 6.30. The molecule has 1 aromatic carbocycles. The van der Waals surface area contributed by atoms with E-state index in [0.717, 1.165) is 21.2 Å². The predicted molar refractivity (Wildman–Crippen MR) is 102 cm³/mol. The van der Waals surface area contributed by atoms with Gasteiger partial charge in [-0.25, -0.2) is 0 Å². The molecule has 3 aromatic rings.